The van der Waals surface area contributed by atoms with E-state index < -0.39 is 0 Å². The predicted molar refractivity (Wildman–Crippen MR) is 81.1 cm³/mol. The van der Waals surface area contributed by atoms with Gasteiger partial charge in [0.15, 0.2) is 0 Å². The molecule has 1 aromatic rings. The van der Waals surface area contributed by atoms with Crippen LogP contribution in [-0.4, -0.2) is 35.5 Å². The van der Waals surface area contributed by atoms with Gasteiger partial charge in [0.25, 0.3) is 0 Å². The Hall–Kier alpha value is -1.39. The first-order valence-corrected chi connectivity index (χ1v) is 7.44. The van der Waals surface area contributed by atoms with Crippen molar-refractivity contribution >= 4 is 5.91 Å². The van der Waals surface area contributed by atoms with Gasteiger partial charge in [-0.15, -0.1) is 0 Å². The van der Waals surface area contributed by atoms with Crippen LogP contribution in [0.4, 0.5) is 0 Å². The van der Waals surface area contributed by atoms with E-state index in [-0.39, 0.29) is 18.0 Å². The molecular weight excluding hydrogens is 250 g/mol. The fourth-order valence-electron chi connectivity index (χ4n) is 2.73. The van der Waals surface area contributed by atoms with E-state index in [0.717, 1.165) is 19.5 Å². The fraction of sp³-hybridized carbons (Fsp3) is 0.562. The summed E-state index contributed by atoms with van der Waals surface area (Å²) in [6.45, 7) is 5.99. The van der Waals surface area contributed by atoms with Crippen molar-refractivity contribution in [2.24, 2.45) is 5.73 Å². The lowest BCUT2D eigenvalue weighted by Gasteiger charge is -2.21. The molecule has 1 aromatic carbocycles. The van der Waals surface area contributed by atoms with Crippen molar-refractivity contribution in [3.8, 4) is 0 Å². The predicted octanol–water partition coefficient (Wildman–Crippen LogP) is 1.50. The lowest BCUT2D eigenvalue weighted by molar-refractivity contribution is -0.123. The first-order valence-electron chi connectivity index (χ1n) is 7.44. The van der Waals surface area contributed by atoms with Gasteiger partial charge < -0.3 is 11.1 Å². The molecule has 1 saturated heterocycles. The molecule has 4 heteroatoms. The zero-order valence-electron chi connectivity index (χ0n) is 12.4. The molecule has 0 aromatic heterocycles. The lowest BCUT2D eigenvalue weighted by atomic mass is 10.1. The van der Waals surface area contributed by atoms with E-state index in [0.29, 0.717) is 12.5 Å². The summed E-state index contributed by atoms with van der Waals surface area (Å²) < 4.78 is 0. The van der Waals surface area contributed by atoms with Crippen LogP contribution < -0.4 is 11.1 Å². The second kappa shape index (κ2) is 6.86. The van der Waals surface area contributed by atoms with Crippen molar-refractivity contribution in [3.63, 3.8) is 0 Å². The van der Waals surface area contributed by atoms with Crippen molar-refractivity contribution in [2.45, 2.75) is 51.4 Å². The number of hydrogen-bond donors (Lipinski definition) is 2. The maximum atomic E-state index is 11.8. The van der Waals surface area contributed by atoms with Crippen molar-refractivity contribution in [1.29, 1.82) is 0 Å². The number of carbonyl (C=O) groups is 1. The molecule has 20 heavy (non-hydrogen) atoms. The van der Waals surface area contributed by atoms with E-state index in [4.69, 9.17) is 5.73 Å². The molecule has 0 spiro atoms. The number of carbonyl (C=O) groups excluding carboxylic acids is 1. The standard InChI is InChI=1S/C16H25N3O/c1-3-15(17)16(20)18-14-9-12(2)19(11-14)10-13-7-5-4-6-8-13/h4-8,12,14-15H,3,9-11,17H2,1-2H3,(H,18,20)/t12?,14?,15-/m0/s1. The van der Waals surface area contributed by atoms with Crippen molar-refractivity contribution < 1.29 is 4.79 Å². The average molecular weight is 275 g/mol. The normalized spacial score (nSPS) is 24.6. The number of nitrogens with zero attached hydrogens (tertiary/aromatic N) is 1. The van der Waals surface area contributed by atoms with Gasteiger partial charge in [-0.1, -0.05) is 37.3 Å². The third-order valence-electron chi connectivity index (χ3n) is 4.06. The molecule has 1 amide bonds. The minimum atomic E-state index is -0.381. The zero-order chi connectivity index (χ0) is 14.5. The summed E-state index contributed by atoms with van der Waals surface area (Å²) in [5, 5.41) is 3.07. The zero-order valence-corrected chi connectivity index (χ0v) is 12.4. The van der Waals surface area contributed by atoms with E-state index in [9.17, 15) is 4.79 Å². The molecule has 1 fully saturated rings. The lowest BCUT2D eigenvalue weighted by Crippen LogP contribution is -2.45. The van der Waals surface area contributed by atoms with Crippen LogP contribution in [0, 0.1) is 0 Å². The third-order valence-corrected chi connectivity index (χ3v) is 4.06. The summed E-state index contributed by atoms with van der Waals surface area (Å²) in [4.78, 5) is 14.3. The molecule has 0 saturated carbocycles. The molecule has 1 aliphatic rings. The number of nitrogens with one attached hydrogen (secondary N) is 1. The van der Waals surface area contributed by atoms with Gasteiger partial charge in [0.05, 0.1) is 6.04 Å². The van der Waals surface area contributed by atoms with Crippen LogP contribution in [0.2, 0.25) is 0 Å². The highest BCUT2D eigenvalue weighted by atomic mass is 16.2. The number of likely N-dealkylation sites (tertiary alicyclic amines) is 1. The van der Waals surface area contributed by atoms with Crippen LogP contribution in [-0.2, 0) is 11.3 Å². The first kappa shape index (κ1) is 15.0. The minimum Gasteiger partial charge on any atom is -0.351 e. The van der Waals surface area contributed by atoms with Gasteiger partial charge in [-0.2, -0.15) is 0 Å². The number of benzene rings is 1. The summed E-state index contributed by atoms with van der Waals surface area (Å²) in [5.41, 5.74) is 7.08. The first-order chi connectivity index (χ1) is 9.60. The molecule has 0 bridgehead atoms. The molecular formula is C16H25N3O. The third kappa shape index (κ3) is 3.81. The van der Waals surface area contributed by atoms with Crippen LogP contribution in [0.25, 0.3) is 0 Å². The van der Waals surface area contributed by atoms with Crippen molar-refractivity contribution in [1.82, 2.24) is 10.2 Å². The van der Waals surface area contributed by atoms with Crippen LogP contribution >= 0.6 is 0 Å². The minimum absolute atomic E-state index is 0.0220. The van der Waals surface area contributed by atoms with Crippen molar-refractivity contribution in [3.05, 3.63) is 35.9 Å². The summed E-state index contributed by atoms with van der Waals surface area (Å²) in [7, 11) is 0. The summed E-state index contributed by atoms with van der Waals surface area (Å²) in [5.74, 6) is -0.0220. The highest BCUT2D eigenvalue weighted by Crippen LogP contribution is 2.20. The summed E-state index contributed by atoms with van der Waals surface area (Å²) in [6.07, 6.45) is 1.68. The Morgan fingerprint density at radius 3 is 2.80 bits per heavy atom. The smallest absolute Gasteiger partial charge is 0.237 e. The van der Waals surface area contributed by atoms with Gasteiger partial charge in [-0.25, -0.2) is 0 Å². The maximum absolute atomic E-state index is 11.8. The molecule has 2 rings (SSSR count). The molecule has 110 valence electrons. The molecule has 3 atom stereocenters. The van der Waals surface area contributed by atoms with Gasteiger partial charge in [-0.05, 0) is 25.3 Å². The largest absolute Gasteiger partial charge is 0.351 e. The highest BCUT2D eigenvalue weighted by Gasteiger charge is 2.30. The van der Waals surface area contributed by atoms with E-state index in [1.54, 1.807) is 0 Å². The second-order valence-corrected chi connectivity index (χ2v) is 5.72. The Morgan fingerprint density at radius 1 is 1.45 bits per heavy atom. The van der Waals surface area contributed by atoms with Crippen LogP contribution in [0.3, 0.4) is 0 Å². The Bertz CT molecular complexity index is 435. The van der Waals surface area contributed by atoms with Gasteiger partial charge in [-0.3, -0.25) is 9.69 Å². The van der Waals surface area contributed by atoms with E-state index >= 15 is 0 Å². The molecule has 1 aliphatic heterocycles. The van der Waals surface area contributed by atoms with Crippen LogP contribution in [0.5, 0.6) is 0 Å². The number of nitrogens with two attached hydrogens (primary N) is 1. The van der Waals surface area contributed by atoms with E-state index in [1.165, 1.54) is 5.56 Å². The summed E-state index contributed by atoms with van der Waals surface area (Å²) >= 11 is 0. The Balaban J connectivity index is 1.87. The number of amides is 1. The van der Waals surface area contributed by atoms with Gasteiger partial charge >= 0.3 is 0 Å². The van der Waals surface area contributed by atoms with Crippen molar-refractivity contribution in [2.75, 3.05) is 6.54 Å². The molecule has 4 nitrogen and oxygen atoms in total. The molecule has 2 unspecified atom stereocenters. The molecule has 3 N–H and O–H groups in total. The van der Waals surface area contributed by atoms with Crippen LogP contribution in [0.15, 0.2) is 30.3 Å². The highest BCUT2D eigenvalue weighted by molar-refractivity contribution is 5.81. The Morgan fingerprint density at radius 2 is 2.15 bits per heavy atom. The molecule has 1 heterocycles. The number of hydrogen-bond acceptors (Lipinski definition) is 3. The molecule has 0 radical (unpaired) electrons. The molecule has 0 aliphatic carbocycles. The second-order valence-electron chi connectivity index (χ2n) is 5.72. The van der Waals surface area contributed by atoms with E-state index in [1.807, 2.05) is 13.0 Å². The number of rotatable bonds is 5. The van der Waals surface area contributed by atoms with E-state index in [2.05, 4.69) is 41.4 Å². The van der Waals surface area contributed by atoms with Crippen LogP contribution in [0.1, 0.15) is 32.3 Å². The Kier molecular flexibility index (Phi) is 5.15. The fourth-order valence-corrected chi connectivity index (χ4v) is 2.73. The Labute approximate surface area is 121 Å². The van der Waals surface area contributed by atoms with Gasteiger partial charge in [0.1, 0.15) is 0 Å². The SMILES string of the molecule is CC[C@H](N)C(=O)NC1CC(C)N(Cc2ccccc2)C1. The quantitative estimate of drug-likeness (QED) is 0.856. The van der Waals surface area contributed by atoms with Gasteiger partial charge in [0.2, 0.25) is 5.91 Å². The maximum Gasteiger partial charge on any atom is 0.237 e. The topological polar surface area (TPSA) is 58.4 Å². The van der Waals surface area contributed by atoms with Gasteiger partial charge in [0, 0.05) is 25.2 Å². The average Bonchev–Trinajstić information content (AvgIpc) is 2.79. The monoisotopic (exact) mass is 275 g/mol. The summed E-state index contributed by atoms with van der Waals surface area (Å²) in [6, 6.07) is 10.8.